The van der Waals surface area contributed by atoms with Crippen molar-refractivity contribution in [3.8, 4) is 17.2 Å². The molecular formula is C29H37F3NO4+. The molecule has 3 aromatic rings. The number of quaternary nitrogens is 1. The molecule has 0 fully saturated rings. The summed E-state index contributed by atoms with van der Waals surface area (Å²) in [5, 5.41) is 10.5. The van der Waals surface area contributed by atoms with E-state index >= 15 is 0 Å². The molecule has 5 nitrogen and oxygen atoms in total. The van der Waals surface area contributed by atoms with Crippen LogP contribution in [0.3, 0.4) is 0 Å². The van der Waals surface area contributed by atoms with Crippen LogP contribution in [0.1, 0.15) is 65.4 Å². The lowest BCUT2D eigenvalue weighted by atomic mass is 9.87. The number of nitrogens with one attached hydrogen (secondary N) is 1. The third-order valence-electron chi connectivity index (χ3n) is 6.12. The second kappa shape index (κ2) is 10.8. The Hall–Kier alpha value is -3.00. The van der Waals surface area contributed by atoms with Gasteiger partial charge in [-0.1, -0.05) is 60.6 Å². The van der Waals surface area contributed by atoms with Crippen LogP contribution in [0.25, 0.3) is 11.0 Å². The summed E-state index contributed by atoms with van der Waals surface area (Å²) in [4.78, 5) is 14.4. The Morgan fingerprint density at radius 3 is 2.00 bits per heavy atom. The number of hydrogen-bond acceptors (Lipinski definition) is 4. The van der Waals surface area contributed by atoms with Crippen molar-refractivity contribution in [3.63, 3.8) is 0 Å². The van der Waals surface area contributed by atoms with Crippen LogP contribution < -0.4 is 15.1 Å². The van der Waals surface area contributed by atoms with E-state index < -0.39 is 23.1 Å². The van der Waals surface area contributed by atoms with Gasteiger partial charge in [0.25, 0.3) is 5.76 Å². The van der Waals surface area contributed by atoms with E-state index in [2.05, 4.69) is 27.7 Å². The molecule has 37 heavy (non-hydrogen) atoms. The minimum Gasteiger partial charge on any atom is -0.507 e. The normalized spacial score (nSPS) is 12.8. The first-order valence-corrected chi connectivity index (χ1v) is 12.6. The van der Waals surface area contributed by atoms with Crippen LogP contribution >= 0.6 is 0 Å². The van der Waals surface area contributed by atoms with Gasteiger partial charge in [0.05, 0.1) is 24.0 Å². The lowest BCUT2D eigenvalue weighted by Crippen LogP contribution is -3.11. The van der Waals surface area contributed by atoms with E-state index in [0.29, 0.717) is 11.8 Å². The quantitative estimate of drug-likeness (QED) is 0.366. The first kappa shape index (κ1) is 28.6. The number of phenols is 1. The number of phenolic OH excluding ortho intramolecular Hbond substituents is 1. The lowest BCUT2D eigenvalue weighted by Gasteiger charge is -2.24. The molecule has 0 unspecified atom stereocenters. The molecule has 0 saturated heterocycles. The topological polar surface area (TPSA) is 64.1 Å². The summed E-state index contributed by atoms with van der Waals surface area (Å²) < 4.78 is 53.3. The van der Waals surface area contributed by atoms with Crippen LogP contribution in [0.4, 0.5) is 13.2 Å². The maximum absolute atomic E-state index is 14.1. The molecule has 3 rings (SSSR count). The first-order chi connectivity index (χ1) is 17.1. The van der Waals surface area contributed by atoms with Crippen molar-refractivity contribution >= 4 is 11.0 Å². The van der Waals surface area contributed by atoms with Crippen LogP contribution in [0, 0.1) is 11.8 Å². The molecule has 0 spiro atoms. The van der Waals surface area contributed by atoms with Crippen molar-refractivity contribution in [2.75, 3.05) is 13.1 Å². The molecule has 2 N–H and O–H groups in total. The molecule has 0 aliphatic heterocycles. The standard InChI is InChI=1S/C29H36F3NO4/c1-17(2)14-33(15-18(3)4)16-22-23(34)13-12-21-24(35)26(27(29(30,31)32)37-25(21)22)36-20-10-8-19(9-11-20)28(5,6)7/h8-13,17-18,34H,14-16H2,1-7H3/p+1. The Balaban J connectivity index is 2.15. The molecule has 0 atom stereocenters. The van der Waals surface area contributed by atoms with E-state index in [1.54, 1.807) is 12.1 Å². The van der Waals surface area contributed by atoms with Gasteiger partial charge >= 0.3 is 6.18 Å². The second-order valence-electron chi connectivity index (χ2n) is 11.5. The average molecular weight is 521 g/mol. The van der Waals surface area contributed by atoms with Crippen molar-refractivity contribution in [2.24, 2.45) is 11.8 Å². The van der Waals surface area contributed by atoms with E-state index in [4.69, 9.17) is 9.15 Å². The van der Waals surface area contributed by atoms with Gasteiger partial charge in [0, 0.05) is 11.8 Å². The highest BCUT2D eigenvalue weighted by Crippen LogP contribution is 2.40. The summed E-state index contributed by atoms with van der Waals surface area (Å²) in [5.41, 5.74) is -0.215. The molecule has 0 bridgehead atoms. The summed E-state index contributed by atoms with van der Waals surface area (Å²) in [5.74, 6) is -1.91. The predicted molar refractivity (Wildman–Crippen MR) is 138 cm³/mol. The zero-order chi connectivity index (χ0) is 27.7. The van der Waals surface area contributed by atoms with Crippen LogP contribution in [0.2, 0.25) is 0 Å². The van der Waals surface area contributed by atoms with Crippen LogP contribution in [-0.4, -0.2) is 18.2 Å². The van der Waals surface area contributed by atoms with Gasteiger partial charge in [-0.05, 0) is 35.2 Å². The molecule has 0 aliphatic carbocycles. The fourth-order valence-corrected chi connectivity index (χ4v) is 4.51. The predicted octanol–water partition coefficient (Wildman–Crippen LogP) is 6.30. The highest BCUT2D eigenvalue weighted by molar-refractivity contribution is 5.83. The maximum atomic E-state index is 14.1. The minimum atomic E-state index is -4.99. The molecule has 202 valence electrons. The summed E-state index contributed by atoms with van der Waals surface area (Å²) in [6.45, 7) is 16.0. The molecule has 8 heteroatoms. The second-order valence-corrected chi connectivity index (χ2v) is 11.5. The Morgan fingerprint density at radius 2 is 1.51 bits per heavy atom. The number of rotatable bonds is 8. The zero-order valence-electron chi connectivity index (χ0n) is 22.5. The highest BCUT2D eigenvalue weighted by Gasteiger charge is 2.41. The summed E-state index contributed by atoms with van der Waals surface area (Å²) in [6, 6.07) is 9.17. The van der Waals surface area contributed by atoms with Gasteiger partial charge < -0.3 is 19.2 Å². The number of aromatic hydroxyl groups is 1. The lowest BCUT2D eigenvalue weighted by molar-refractivity contribution is -0.919. The molecule has 0 aliphatic rings. The fraction of sp³-hybridized carbons (Fsp3) is 0.483. The van der Waals surface area contributed by atoms with E-state index in [0.717, 1.165) is 23.6 Å². The van der Waals surface area contributed by atoms with Crippen LogP contribution in [0.5, 0.6) is 17.2 Å². The van der Waals surface area contributed by atoms with Gasteiger partial charge in [-0.25, -0.2) is 0 Å². The average Bonchev–Trinajstić information content (AvgIpc) is 2.75. The third-order valence-corrected chi connectivity index (χ3v) is 6.12. The molecule has 1 aromatic heterocycles. The molecule has 0 saturated carbocycles. The van der Waals surface area contributed by atoms with Crippen molar-refractivity contribution in [2.45, 2.75) is 66.6 Å². The maximum Gasteiger partial charge on any atom is 0.453 e. The highest BCUT2D eigenvalue weighted by atomic mass is 19.4. The third kappa shape index (κ3) is 6.86. The summed E-state index contributed by atoms with van der Waals surface area (Å²) in [7, 11) is 0. The van der Waals surface area contributed by atoms with Gasteiger partial charge in [-0.3, -0.25) is 4.79 Å². The molecule has 1 heterocycles. The van der Waals surface area contributed by atoms with Gasteiger partial charge in [0.1, 0.15) is 18.0 Å². The van der Waals surface area contributed by atoms with Gasteiger partial charge in [-0.15, -0.1) is 0 Å². The van der Waals surface area contributed by atoms with Crippen molar-refractivity contribution < 1.29 is 32.3 Å². The summed E-state index contributed by atoms with van der Waals surface area (Å²) in [6.07, 6.45) is -4.99. The molecule has 0 amide bonds. The van der Waals surface area contributed by atoms with E-state index in [-0.39, 0.29) is 40.0 Å². The smallest absolute Gasteiger partial charge is 0.453 e. The number of alkyl halides is 3. The van der Waals surface area contributed by atoms with E-state index in [9.17, 15) is 23.1 Å². The monoisotopic (exact) mass is 520 g/mol. The SMILES string of the molecule is CC(C)C[NH+](Cc1c(O)ccc2c(=O)c(Oc3ccc(C(C)(C)C)cc3)c(C(F)(F)F)oc12)CC(C)C. The zero-order valence-corrected chi connectivity index (χ0v) is 22.5. The molecular weight excluding hydrogens is 483 g/mol. The summed E-state index contributed by atoms with van der Waals surface area (Å²) >= 11 is 0. The van der Waals surface area contributed by atoms with Crippen molar-refractivity contribution in [1.82, 2.24) is 0 Å². The number of hydrogen-bond donors (Lipinski definition) is 2. The Bertz CT molecular complexity index is 1280. The number of benzene rings is 2. The van der Waals surface area contributed by atoms with Crippen LogP contribution in [-0.2, 0) is 18.1 Å². The van der Waals surface area contributed by atoms with Crippen molar-refractivity contribution in [3.05, 3.63) is 63.5 Å². The van der Waals surface area contributed by atoms with E-state index in [1.165, 1.54) is 24.3 Å². The minimum absolute atomic E-state index is 0.0736. The number of ether oxygens (including phenoxy) is 1. The Morgan fingerprint density at radius 1 is 0.946 bits per heavy atom. The van der Waals surface area contributed by atoms with Crippen molar-refractivity contribution in [1.29, 1.82) is 0 Å². The Kier molecular flexibility index (Phi) is 8.32. The number of halogens is 3. The van der Waals surface area contributed by atoms with Gasteiger partial charge in [0.15, 0.2) is 5.58 Å². The Labute approximate surface area is 215 Å². The largest absolute Gasteiger partial charge is 0.507 e. The molecule has 0 radical (unpaired) electrons. The molecule has 2 aromatic carbocycles. The number of fused-ring (bicyclic) bond motifs is 1. The fourth-order valence-electron chi connectivity index (χ4n) is 4.51. The van der Waals surface area contributed by atoms with Crippen LogP contribution in [0.15, 0.2) is 45.6 Å². The van der Waals surface area contributed by atoms with Gasteiger partial charge in [0.2, 0.25) is 11.2 Å². The van der Waals surface area contributed by atoms with Gasteiger partial charge in [-0.2, -0.15) is 13.2 Å². The van der Waals surface area contributed by atoms with E-state index in [1.807, 2.05) is 20.8 Å². The first-order valence-electron chi connectivity index (χ1n) is 12.6.